The molecule has 1 unspecified atom stereocenters. The van der Waals surface area contributed by atoms with E-state index in [-0.39, 0.29) is 0 Å². The number of aromatic nitrogens is 2. The largest absolute Gasteiger partial charge is 0.495 e. The fourth-order valence-corrected chi connectivity index (χ4v) is 1.69. The van der Waals surface area contributed by atoms with Crippen LogP contribution in [0.25, 0.3) is 0 Å². The van der Waals surface area contributed by atoms with E-state index in [4.69, 9.17) is 4.74 Å². The number of aliphatic hydroxyl groups excluding tert-OH is 1. The molecule has 0 aliphatic rings. The van der Waals surface area contributed by atoms with Gasteiger partial charge in [0.2, 0.25) is 0 Å². The first-order valence-electron chi connectivity index (χ1n) is 5.31. The van der Waals surface area contributed by atoms with Gasteiger partial charge < -0.3 is 9.84 Å². The lowest BCUT2D eigenvalue weighted by Crippen LogP contribution is -2.06. The molecule has 2 heterocycles. The summed E-state index contributed by atoms with van der Waals surface area (Å²) in [6, 6.07) is 5.40. The Balaban J connectivity index is 2.44. The van der Waals surface area contributed by atoms with Gasteiger partial charge in [-0.3, -0.25) is 9.97 Å². The van der Waals surface area contributed by atoms with Crippen LogP contribution >= 0.6 is 0 Å². The molecular weight excluding hydrogens is 216 g/mol. The molecule has 17 heavy (non-hydrogen) atoms. The lowest BCUT2D eigenvalue weighted by molar-refractivity contribution is 0.208. The van der Waals surface area contributed by atoms with Gasteiger partial charge in [-0.15, -0.1) is 0 Å². The molecule has 0 aromatic carbocycles. The molecule has 2 rings (SSSR count). The van der Waals surface area contributed by atoms with Crippen LogP contribution in [0.15, 0.2) is 36.8 Å². The van der Waals surface area contributed by atoms with Crippen LogP contribution in [-0.4, -0.2) is 22.2 Å². The van der Waals surface area contributed by atoms with Gasteiger partial charge >= 0.3 is 0 Å². The number of methoxy groups -OCH3 is 1. The Bertz CT molecular complexity index is 514. The van der Waals surface area contributed by atoms with E-state index in [9.17, 15) is 5.11 Å². The van der Waals surface area contributed by atoms with Crippen LogP contribution in [0.5, 0.6) is 5.75 Å². The maximum Gasteiger partial charge on any atom is 0.143 e. The van der Waals surface area contributed by atoms with Gasteiger partial charge in [0.15, 0.2) is 0 Å². The molecular formula is C13H14N2O2. The van der Waals surface area contributed by atoms with E-state index in [2.05, 4.69) is 9.97 Å². The number of rotatable bonds is 3. The minimum atomic E-state index is -0.820. The highest BCUT2D eigenvalue weighted by atomic mass is 16.5. The second kappa shape index (κ2) is 4.93. The zero-order chi connectivity index (χ0) is 12.3. The van der Waals surface area contributed by atoms with Gasteiger partial charge in [0, 0.05) is 24.2 Å². The van der Waals surface area contributed by atoms with Crippen LogP contribution in [-0.2, 0) is 0 Å². The predicted molar refractivity (Wildman–Crippen MR) is 63.8 cm³/mol. The first-order valence-corrected chi connectivity index (χ1v) is 5.31. The van der Waals surface area contributed by atoms with Gasteiger partial charge in [-0.1, -0.05) is 0 Å². The third kappa shape index (κ3) is 2.26. The quantitative estimate of drug-likeness (QED) is 0.874. The Morgan fingerprint density at radius 2 is 2.12 bits per heavy atom. The summed E-state index contributed by atoms with van der Waals surface area (Å²) in [6.07, 6.45) is 4.15. The van der Waals surface area contributed by atoms with Crippen LogP contribution in [0.3, 0.4) is 0 Å². The van der Waals surface area contributed by atoms with Gasteiger partial charge in [0.05, 0.1) is 7.11 Å². The summed E-state index contributed by atoms with van der Waals surface area (Å²) in [5.74, 6) is 0.572. The number of nitrogens with zero attached hydrogens (tertiary/aromatic N) is 2. The summed E-state index contributed by atoms with van der Waals surface area (Å²) in [7, 11) is 1.56. The van der Waals surface area contributed by atoms with Crippen molar-refractivity contribution in [1.29, 1.82) is 0 Å². The molecule has 2 aromatic rings. The maximum absolute atomic E-state index is 10.3. The molecule has 0 fully saturated rings. The van der Waals surface area contributed by atoms with E-state index >= 15 is 0 Å². The van der Waals surface area contributed by atoms with Crippen molar-refractivity contribution in [1.82, 2.24) is 9.97 Å². The average Bonchev–Trinajstić information content (AvgIpc) is 2.38. The average molecular weight is 230 g/mol. The van der Waals surface area contributed by atoms with Gasteiger partial charge in [-0.25, -0.2) is 0 Å². The summed E-state index contributed by atoms with van der Waals surface area (Å²) in [4.78, 5) is 8.18. The SMILES string of the molecule is COc1cccnc1C(O)c1cnccc1C. The van der Waals surface area contributed by atoms with E-state index in [1.165, 1.54) is 0 Å². The molecule has 4 heteroatoms. The fraction of sp³-hybridized carbons (Fsp3) is 0.231. The molecule has 1 N–H and O–H groups in total. The van der Waals surface area contributed by atoms with Gasteiger partial charge in [-0.05, 0) is 30.7 Å². The summed E-state index contributed by atoms with van der Waals surface area (Å²) in [5.41, 5.74) is 2.22. The summed E-state index contributed by atoms with van der Waals surface area (Å²) in [6.45, 7) is 1.93. The van der Waals surface area contributed by atoms with Gasteiger partial charge in [0.25, 0.3) is 0 Å². The van der Waals surface area contributed by atoms with Crippen molar-refractivity contribution < 1.29 is 9.84 Å². The van der Waals surface area contributed by atoms with Crippen LogP contribution in [0, 0.1) is 6.92 Å². The van der Waals surface area contributed by atoms with Crippen LogP contribution in [0.2, 0.25) is 0 Å². The van der Waals surface area contributed by atoms with Crippen LogP contribution in [0.1, 0.15) is 22.9 Å². The minimum Gasteiger partial charge on any atom is -0.495 e. The fourth-order valence-electron chi connectivity index (χ4n) is 1.69. The van der Waals surface area contributed by atoms with E-state index in [1.54, 1.807) is 37.8 Å². The summed E-state index contributed by atoms with van der Waals surface area (Å²) < 4.78 is 5.18. The van der Waals surface area contributed by atoms with Crippen LogP contribution in [0.4, 0.5) is 0 Å². The first-order chi connectivity index (χ1) is 8.24. The number of aliphatic hydroxyl groups is 1. The standard InChI is InChI=1S/C13H14N2O2/c1-9-5-7-14-8-10(9)13(16)12-11(17-2)4-3-6-15-12/h3-8,13,16H,1-2H3. The molecule has 4 nitrogen and oxygen atoms in total. The van der Waals surface area contributed by atoms with Crippen molar-refractivity contribution >= 4 is 0 Å². The molecule has 0 saturated carbocycles. The smallest absolute Gasteiger partial charge is 0.143 e. The number of aryl methyl sites for hydroxylation is 1. The second-order valence-corrected chi connectivity index (χ2v) is 3.73. The predicted octanol–water partition coefficient (Wildman–Crippen LogP) is 1.88. The van der Waals surface area contributed by atoms with Crippen molar-refractivity contribution in [3.8, 4) is 5.75 Å². The Hall–Kier alpha value is -1.94. The highest BCUT2D eigenvalue weighted by molar-refractivity contribution is 5.37. The highest BCUT2D eigenvalue weighted by Crippen LogP contribution is 2.28. The third-order valence-corrected chi connectivity index (χ3v) is 2.65. The van der Waals surface area contributed by atoms with E-state index in [1.807, 2.05) is 13.0 Å². The van der Waals surface area contributed by atoms with Crippen molar-refractivity contribution in [2.45, 2.75) is 13.0 Å². The highest BCUT2D eigenvalue weighted by Gasteiger charge is 2.18. The van der Waals surface area contributed by atoms with E-state index in [0.717, 1.165) is 11.1 Å². The molecule has 0 saturated heterocycles. The second-order valence-electron chi connectivity index (χ2n) is 3.73. The lowest BCUT2D eigenvalue weighted by Gasteiger charge is -2.15. The molecule has 2 aromatic heterocycles. The van der Waals surface area contributed by atoms with Crippen molar-refractivity contribution in [3.05, 3.63) is 53.6 Å². The molecule has 0 aliphatic heterocycles. The summed E-state index contributed by atoms with van der Waals surface area (Å²) in [5, 5.41) is 10.3. The van der Waals surface area contributed by atoms with Crippen LogP contribution < -0.4 is 4.74 Å². The van der Waals surface area contributed by atoms with E-state index < -0.39 is 6.10 Å². The Kier molecular flexibility index (Phi) is 3.35. The Labute approximate surface area is 99.9 Å². The number of pyridine rings is 2. The molecule has 0 aliphatic carbocycles. The van der Waals surface area contributed by atoms with Gasteiger partial charge in [0.1, 0.15) is 17.5 Å². The lowest BCUT2D eigenvalue weighted by atomic mass is 10.0. The summed E-state index contributed by atoms with van der Waals surface area (Å²) >= 11 is 0. The Morgan fingerprint density at radius 1 is 1.29 bits per heavy atom. The number of ether oxygens (including phenoxy) is 1. The number of hydrogen-bond acceptors (Lipinski definition) is 4. The molecule has 0 spiro atoms. The monoisotopic (exact) mass is 230 g/mol. The normalized spacial score (nSPS) is 12.2. The maximum atomic E-state index is 10.3. The van der Waals surface area contributed by atoms with Crippen molar-refractivity contribution in [2.75, 3.05) is 7.11 Å². The third-order valence-electron chi connectivity index (χ3n) is 2.65. The first kappa shape index (κ1) is 11.5. The van der Waals surface area contributed by atoms with Gasteiger partial charge in [-0.2, -0.15) is 0 Å². The Morgan fingerprint density at radius 3 is 2.82 bits per heavy atom. The molecule has 88 valence electrons. The van der Waals surface area contributed by atoms with Crippen molar-refractivity contribution in [3.63, 3.8) is 0 Å². The van der Waals surface area contributed by atoms with Crippen molar-refractivity contribution in [2.24, 2.45) is 0 Å². The molecule has 0 amide bonds. The molecule has 0 radical (unpaired) electrons. The topological polar surface area (TPSA) is 55.2 Å². The zero-order valence-corrected chi connectivity index (χ0v) is 9.79. The van der Waals surface area contributed by atoms with E-state index in [0.29, 0.717) is 11.4 Å². The molecule has 0 bridgehead atoms. The number of hydrogen-bond donors (Lipinski definition) is 1. The molecule has 1 atom stereocenters. The minimum absolute atomic E-state index is 0.506. The zero-order valence-electron chi connectivity index (χ0n) is 9.79.